The molecule has 0 aliphatic carbocycles. The molecule has 2 N–H and O–H groups in total. The van der Waals surface area contributed by atoms with Crippen LogP contribution in [-0.2, 0) is 13.0 Å². The van der Waals surface area contributed by atoms with Gasteiger partial charge in [0.05, 0.1) is 5.69 Å². The van der Waals surface area contributed by atoms with E-state index < -0.39 is 0 Å². The van der Waals surface area contributed by atoms with Crippen molar-refractivity contribution < 1.29 is 9.90 Å². The predicted molar refractivity (Wildman–Crippen MR) is 168 cm³/mol. The van der Waals surface area contributed by atoms with Crippen LogP contribution in [0.5, 0.6) is 0 Å². The molecule has 2 unspecified atom stereocenters. The number of para-hydroxylation sites is 1. The molecule has 2 aromatic carbocycles. The number of aliphatic hydroxyl groups excluding tert-OH is 1. The summed E-state index contributed by atoms with van der Waals surface area (Å²) in [5.74, 6) is 1.13. The zero-order valence-electron chi connectivity index (χ0n) is 25.4. The molecule has 8 heteroatoms. The van der Waals surface area contributed by atoms with Crippen LogP contribution in [0.25, 0.3) is 0 Å². The number of carbonyl (C=O) groups excluding carboxylic acids is 1. The van der Waals surface area contributed by atoms with Gasteiger partial charge in [-0.05, 0) is 76.6 Å². The van der Waals surface area contributed by atoms with E-state index in [1.165, 1.54) is 24.1 Å². The Morgan fingerprint density at radius 1 is 1.05 bits per heavy atom. The highest BCUT2D eigenvalue weighted by atomic mass is 16.3. The number of piperidine rings is 1. The number of hydrogen-bond acceptors (Lipinski definition) is 5. The molecule has 1 aromatic heterocycles. The summed E-state index contributed by atoms with van der Waals surface area (Å²) in [4.78, 5) is 25.2. The highest BCUT2D eigenvalue weighted by molar-refractivity contribution is 6.01. The van der Waals surface area contributed by atoms with Crippen molar-refractivity contribution in [3.8, 4) is 0 Å². The number of aryl methyl sites for hydroxylation is 2. The summed E-state index contributed by atoms with van der Waals surface area (Å²) in [6.45, 7) is 9.58. The first-order valence-corrected chi connectivity index (χ1v) is 15.9. The van der Waals surface area contributed by atoms with Crippen molar-refractivity contribution in [3.63, 3.8) is 0 Å². The predicted octanol–water partition coefficient (Wildman–Crippen LogP) is 5.88. The lowest BCUT2D eigenvalue weighted by molar-refractivity contribution is -0.00937. The number of amides is 2. The molecule has 224 valence electrons. The number of hydrogen-bond donors (Lipinski definition) is 2. The molecular weight excluding hydrogens is 524 g/mol. The van der Waals surface area contributed by atoms with Crippen LogP contribution < -0.4 is 10.2 Å². The zero-order valence-corrected chi connectivity index (χ0v) is 25.4. The van der Waals surface area contributed by atoms with Gasteiger partial charge in [0.25, 0.3) is 0 Å². The molecular formula is C34H46N6O2. The first-order valence-electron chi connectivity index (χ1n) is 15.9. The Bertz CT molecular complexity index is 1340. The fourth-order valence-electron chi connectivity index (χ4n) is 7.57. The van der Waals surface area contributed by atoms with E-state index in [1.807, 2.05) is 66.4 Å². The lowest BCUT2D eigenvalue weighted by Crippen LogP contribution is -2.45. The highest BCUT2D eigenvalue weighted by Gasteiger charge is 2.42. The summed E-state index contributed by atoms with van der Waals surface area (Å²) in [6.07, 6.45) is 7.10. The van der Waals surface area contributed by atoms with Crippen LogP contribution in [-0.4, -0.2) is 68.4 Å². The number of aliphatic hydroxyl groups is 1. The molecule has 4 heterocycles. The van der Waals surface area contributed by atoms with Crippen molar-refractivity contribution in [2.75, 3.05) is 29.9 Å². The molecule has 2 amide bonds. The number of urea groups is 1. The van der Waals surface area contributed by atoms with Gasteiger partial charge in [0.15, 0.2) is 0 Å². The molecule has 2 bridgehead atoms. The molecule has 3 aliphatic rings. The number of nitrogens with one attached hydrogen (secondary N) is 1. The Balaban J connectivity index is 1.09. The number of benzene rings is 2. The van der Waals surface area contributed by atoms with Gasteiger partial charge in [-0.3, -0.25) is 14.7 Å². The van der Waals surface area contributed by atoms with Crippen molar-refractivity contribution in [2.24, 2.45) is 0 Å². The monoisotopic (exact) mass is 570 g/mol. The van der Waals surface area contributed by atoms with Crippen molar-refractivity contribution in [1.82, 2.24) is 19.4 Å². The molecule has 3 aliphatic heterocycles. The minimum Gasteiger partial charge on any atom is -0.378 e. The Labute approximate surface area is 250 Å². The van der Waals surface area contributed by atoms with Crippen LogP contribution in [0.1, 0.15) is 74.3 Å². The molecule has 6 rings (SSSR count). The summed E-state index contributed by atoms with van der Waals surface area (Å²) in [5, 5.41) is 13.5. The molecule has 3 aromatic rings. The Kier molecular flexibility index (Phi) is 8.65. The Morgan fingerprint density at radius 3 is 2.45 bits per heavy atom. The van der Waals surface area contributed by atoms with E-state index in [0.29, 0.717) is 24.7 Å². The fourth-order valence-corrected chi connectivity index (χ4v) is 7.57. The number of fused-ring (bicyclic) bond motifs is 3. The lowest BCUT2D eigenvalue weighted by Gasteiger charge is -2.41. The molecule has 42 heavy (non-hydrogen) atoms. The van der Waals surface area contributed by atoms with E-state index in [-0.39, 0.29) is 12.3 Å². The van der Waals surface area contributed by atoms with Crippen LogP contribution in [0, 0.1) is 13.8 Å². The van der Waals surface area contributed by atoms with Gasteiger partial charge in [0, 0.05) is 67.8 Å². The van der Waals surface area contributed by atoms with E-state index in [2.05, 4.69) is 33.5 Å². The Morgan fingerprint density at radius 2 is 1.76 bits per heavy atom. The number of nitrogens with zero attached hydrogens (tertiary/aromatic N) is 5. The number of aromatic nitrogens is 2. The van der Waals surface area contributed by atoms with Crippen LogP contribution in [0.2, 0.25) is 0 Å². The molecule has 0 saturated carbocycles. The van der Waals surface area contributed by atoms with E-state index >= 15 is 0 Å². The SMILES string of the molecule is CCC(O)N1CCc2c(nc(C)n2C2C[C@H]3CC[C@@H](C2)N3CCCN(C(=O)Nc2ccc(C)cc2)c2ccccc2)C1. The third-order valence-corrected chi connectivity index (χ3v) is 9.68. The van der Waals surface area contributed by atoms with E-state index in [1.54, 1.807) is 0 Å². The van der Waals surface area contributed by atoms with Crippen molar-refractivity contribution in [3.05, 3.63) is 77.4 Å². The van der Waals surface area contributed by atoms with Gasteiger partial charge in [-0.15, -0.1) is 0 Å². The van der Waals surface area contributed by atoms with E-state index in [4.69, 9.17) is 4.98 Å². The normalized spacial score (nSPS) is 23.0. The summed E-state index contributed by atoms with van der Waals surface area (Å²) < 4.78 is 2.56. The van der Waals surface area contributed by atoms with Gasteiger partial charge >= 0.3 is 6.03 Å². The quantitative estimate of drug-likeness (QED) is 0.336. The second-order valence-electron chi connectivity index (χ2n) is 12.4. The van der Waals surface area contributed by atoms with Crippen LogP contribution in [0.4, 0.5) is 16.2 Å². The van der Waals surface area contributed by atoms with Gasteiger partial charge in [-0.2, -0.15) is 0 Å². The van der Waals surface area contributed by atoms with Gasteiger partial charge in [-0.25, -0.2) is 9.78 Å². The average molecular weight is 571 g/mol. The molecule has 2 fully saturated rings. The maximum atomic E-state index is 13.4. The zero-order chi connectivity index (χ0) is 29.2. The van der Waals surface area contributed by atoms with Crippen molar-refractivity contribution in [1.29, 1.82) is 0 Å². The first-order chi connectivity index (χ1) is 20.4. The number of carbonyl (C=O) groups is 1. The van der Waals surface area contributed by atoms with Crippen LogP contribution >= 0.6 is 0 Å². The van der Waals surface area contributed by atoms with Gasteiger partial charge in [0.1, 0.15) is 12.1 Å². The second kappa shape index (κ2) is 12.6. The summed E-state index contributed by atoms with van der Waals surface area (Å²) in [7, 11) is 0. The van der Waals surface area contributed by atoms with Gasteiger partial charge < -0.3 is 15.0 Å². The van der Waals surface area contributed by atoms with Crippen molar-refractivity contribution in [2.45, 2.75) is 96.6 Å². The third-order valence-electron chi connectivity index (χ3n) is 9.68. The second-order valence-corrected chi connectivity index (χ2v) is 12.4. The van der Waals surface area contributed by atoms with Crippen LogP contribution in [0.15, 0.2) is 54.6 Å². The minimum atomic E-state index is -0.380. The molecule has 0 spiro atoms. The first kappa shape index (κ1) is 28.9. The average Bonchev–Trinajstić information content (AvgIpc) is 3.45. The van der Waals surface area contributed by atoms with E-state index in [9.17, 15) is 9.90 Å². The molecule has 2 saturated heterocycles. The smallest absolute Gasteiger partial charge is 0.326 e. The summed E-state index contributed by atoms with van der Waals surface area (Å²) >= 11 is 0. The Hall–Kier alpha value is -3.20. The molecule has 4 atom stereocenters. The summed E-state index contributed by atoms with van der Waals surface area (Å²) in [6, 6.07) is 19.5. The lowest BCUT2D eigenvalue weighted by atomic mass is 9.95. The molecule has 8 nitrogen and oxygen atoms in total. The molecule has 0 radical (unpaired) electrons. The van der Waals surface area contributed by atoms with Gasteiger partial charge in [0.2, 0.25) is 0 Å². The number of anilines is 2. The van der Waals surface area contributed by atoms with Gasteiger partial charge in [-0.1, -0.05) is 42.8 Å². The largest absolute Gasteiger partial charge is 0.378 e. The topological polar surface area (TPSA) is 76.9 Å². The minimum absolute atomic E-state index is 0.0860. The standard InChI is InChI=1S/C34H46N6O2/c1-4-33(41)37-20-17-32-31(23-37)35-25(3)40(32)30-21-28-15-16-29(22-30)38(28)18-8-19-39(27-9-6-5-7-10-27)34(42)36-26-13-11-24(2)12-14-26/h5-7,9-14,28-30,33,41H,4,8,15-23H2,1-3H3,(H,36,42)/t28-,29+,30?,33?. The summed E-state index contributed by atoms with van der Waals surface area (Å²) in [5.41, 5.74) is 5.47. The third kappa shape index (κ3) is 5.98. The fraction of sp³-hybridized carbons (Fsp3) is 0.529. The maximum absolute atomic E-state index is 13.4. The number of rotatable bonds is 9. The number of imidazole rings is 1. The maximum Gasteiger partial charge on any atom is 0.326 e. The van der Waals surface area contributed by atoms with Crippen LogP contribution in [0.3, 0.4) is 0 Å². The highest BCUT2D eigenvalue weighted by Crippen LogP contribution is 2.42. The van der Waals surface area contributed by atoms with Crippen molar-refractivity contribution >= 4 is 17.4 Å². The van der Waals surface area contributed by atoms with E-state index in [0.717, 1.165) is 74.6 Å².